The zero-order chi connectivity index (χ0) is 13.7. The molecule has 1 N–H and O–H groups in total. The minimum Gasteiger partial charge on any atom is -0.316 e. The van der Waals surface area contributed by atoms with Gasteiger partial charge in [0, 0.05) is 0 Å². The zero-order valence-electron chi connectivity index (χ0n) is 12.9. The van der Waals surface area contributed by atoms with Crippen LogP contribution in [0.4, 0.5) is 0 Å². The molecule has 0 radical (unpaired) electrons. The molecule has 1 nitrogen and oxygen atoms in total. The van der Waals surface area contributed by atoms with Crippen molar-refractivity contribution in [3.8, 4) is 0 Å². The van der Waals surface area contributed by atoms with E-state index < -0.39 is 0 Å². The summed E-state index contributed by atoms with van der Waals surface area (Å²) in [6.07, 6.45) is 1.18. The predicted octanol–water partition coefficient (Wildman–Crippen LogP) is 4.04. The Morgan fingerprint density at radius 3 is 2.11 bits per heavy atom. The van der Waals surface area contributed by atoms with Crippen LogP contribution in [0.15, 0.2) is 12.1 Å². The van der Waals surface area contributed by atoms with Gasteiger partial charge in [-0.2, -0.15) is 0 Å². The maximum absolute atomic E-state index is 3.55. The van der Waals surface area contributed by atoms with Crippen molar-refractivity contribution >= 4 is 0 Å². The highest BCUT2D eigenvalue weighted by Crippen LogP contribution is 2.18. The molecule has 0 aromatic heterocycles. The first-order valence-corrected chi connectivity index (χ1v) is 7.17. The number of rotatable bonds is 6. The molecule has 0 amide bonds. The molecule has 0 heterocycles. The fourth-order valence-electron chi connectivity index (χ4n) is 2.31. The topological polar surface area (TPSA) is 12.0 Å². The second-order valence-corrected chi connectivity index (χ2v) is 6.22. The van der Waals surface area contributed by atoms with Crippen LogP contribution in [0.5, 0.6) is 0 Å². The molecule has 1 aromatic carbocycles. The van der Waals surface area contributed by atoms with Crippen molar-refractivity contribution in [1.82, 2.24) is 5.32 Å². The number of benzene rings is 1. The van der Waals surface area contributed by atoms with Crippen LogP contribution >= 0.6 is 0 Å². The lowest BCUT2D eigenvalue weighted by Crippen LogP contribution is -2.26. The summed E-state index contributed by atoms with van der Waals surface area (Å²) in [7, 11) is 0. The second kappa shape index (κ2) is 6.94. The van der Waals surface area contributed by atoms with Crippen molar-refractivity contribution in [3.05, 3.63) is 34.4 Å². The molecule has 0 aliphatic rings. The van der Waals surface area contributed by atoms with Gasteiger partial charge in [0.05, 0.1) is 0 Å². The highest BCUT2D eigenvalue weighted by molar-refractivity contribution is 5.36. The summed E-state index contributed by atoms with van der Waals surface area (Å²) >= 11 is 0. The van der Waals surface area contributed by atoms with Gasteiger partial charge in [-0.1, -0.05) is 32.9 Å². The van der Waals surface area contributed by atoms with Crippen LogP contribution in [-0.4, -0.2) is 13.1 Å². The molecule has 0 fully saturated rings. The third kappa shape index (κ3) is 4.81. The average molecular weight is 247 g/mol. The zero-order valence-corrected chi connectivity index (χ0v) is 12.9. The van der Waals surface area contributed by atoms with Gasteiger partial charge >= 0.3 is 0 Å². The van der Waals surface area contributed by atoms with Crippen LogP contribution in [0.1, 0.15) is 43.0 Å². The standard InChI is InChI=1S/C17H29N/c1-12(2)10-18-11-13(3)7-17-9-15(5)14(4)8-16(17)6/h8-9,12-13,18H,7,10-11H2,1-6H3. The fourth-order valence-corrected chi connectivity index (χ4v) is 2.31. The number of aryl methyl sites for hydroxylation is 3. The summed E-state index contributed by atoms with van der Waals surface area (Å²) in [6.45, 7) is 15.7. The van der Waals surface area contributed by atoms with Gasteiger partial charge in [0.25, 0.3) is 0 Å². The third-order valence-electron chi connectivity index (χ3n) is 3.57. The number of hydrogen-bond donors (Lipinski definition) is 1. The van der Waals surface area contributed by atoms with Crippen molar-refractivity contribution in [2.24, 2.45) is 11.8 Å². The molecule has 1 rings (SSSR count). The highest BCUT2D eigenvalue weighted by atomic mass is 14.9. The second-order valence-electron chi connectivity index (χ2n) is 6.22. The van der Waals surface area contributed by atoms with Crippen LogP contribution in [0, 0.1) is 32.6 Å². The smallest absolute Gasteiger partial charge is 0.00199 e. The Balaban J connectivity index is 2.54. The van der Waals surface area contributed by atoms with Gasteiger partial charge < -0.3 is 5.32 Å². The summed E-state index contributed by atoms with van der Waals surface area (Å²) in [5.74, 6) is 1.44. The van der Waals surface area contributed by atoms with Gasteiger partial charge in [-0.15, -0.1) is 0 Å². The van der Waals surface area contributed by atoms with Crippen LogP contribution in [0.25, 0.3) is 0 Å². The Bertz CT molecular complexity index is 379. The highest BCUT2D eigenvalue weighted by Gasteiger charge is 2.07. The van der Waals surface area contributed by atoms with Gasteiger partial charge in [0.2, 0.25) is 0 Å². The molecule has 1 heteroatoms. The van der Waals surface area contributed by atoms with Crippen LogP contribution < -0.4 is 5.32 Å². The monoisotopic (exact) mass is 247 g/mol. The molecule has 18 heavy (non-hydrogen) atoms. The van der Waals surface area contributed by atoms with Crippen molar-refractivity contribution in [3.63, 3.8) is 0 Å². The SMILES string of the molecule is Cc1cc(C)c(CC(C)CNCC(C)C)cc1C. The predicted molar refractivity (Wildman–Crippen MR) is 81.2 cm³/mol. The van der Waals surface area contributed by atoms with E-state index in [1.54, 1.807) is 0 Å². The summed E-state index contributed by atoms with van der Waals surface area (Å²) in [4.78, 5) is 0. The van der Waals surface area contributed by atoms with Crippen molar-refractivity contribution in [2.45, 2.75) is 48.0 Å². The van der Waals surface area contributed by atoms with E-state index in [0.29, 0.717) is 5.92 Å². The van der Waals surface area contributed by atoms with Crippen molar-refractivity contribution < 1.29 is 0 Å². The molecule has 0 aliphatic heterocycles. The Labute approximate surface area is 113 Å². The van der Waals surface area contributed by atoms with E-state index in [0.717, 1.165) is 19.0 Å². The van der Waals surface area contributed by atoms with Crippen LogP contribution in [-0.2, 0) is 6.42 Å². The van der Waals surface area contributed by atoms with Crippen molar-refractivity contribution in [1.29, 1.82) is 0 Å². The Morgan fingerprint density at radius 1 is 0.889 bits per heavy atom. The first kappa shape index (κ1) is 15.2. The van der Waals surface area contributed by atoms with Crippen molar-refractivity contribution in [2.75, 3.05) is 13.1 Å². The van der Waals surface area contributed by atoms with E-state index in [9.17, 15) is 0 Å². The van der Waals surface area contributed by atoms with E-state index in [2.05, 4.69) is 59.0 Å². The minimum atomic E-state index is 0.699. The average Bonchev–Trinajstić information content (AvgIpc) is 2.25. The largest absolute Gasteiger partial charge is 0.316 e. The molecule has 1 atom stereocenters. The normalized spacial score (nSPS) is 13.1. The van der Waals surface area contributed by atoms with E-state index in [4.69, 9.17) is 0 Å². The minimum absolute atomic E-state index is 0.699. The van der Waals surface area contributed by atoms with Crippen LogP contribution in [0.3, 0.4) is 0 Å². The maximum atomic E-state index is 3.55. The first-order valence-electron chi connectivity index (χ1n) is 7.17. The molecule has 0 spiro atoms. The molecule has 0 bridgehead atoms. The lowest BCUT2D eigenvalue weighted by molar-refractivity contribution is 0.473. The molecule has 0 saturated carbocycles. The number of nitrogens with one attached hydrogen (secondary N) is 1. The first-order chi connectivity index (χ1) is 8.40. The summed E-state index contributed by atoms with van der Waals surface area (Å²) in [6, 6.07) is 4.68. The quantitative estimate of drug-likeness (QED) is 0.800. The van der Waals surface area contributed by atoms with E-state index in [-0.39, 0.29) is 0 Å². The molecular formula is C17H29N. The van der Waals surface area contributed by atoms with Gasteiger partial charge in [-0.25, -0.2) is 0 Å². The Hall–Kier alpha value is -0.820. The Morgan fingerprint density at radius 2 is 1.50 bits per heavy atom. The van der Waals surface area contributed by atoms with E-state index in [1.165, 1.54) is 28.7 Å². The van der Waals surface area contributed by atoms with Gasteiger partial charge in [-0.05, 0) is 74.4 Å². The molecule has 1 aromatic rings. The van der Waals surface area contributed by atoms with E-state index in [1.807, 2.05) is 0 Å². The lowest BCUT2D eigenvalue weighted by Gasteiger charge is -2.16. The fraction of sp³-hybridized carbons (Fsp3) is 0.647. The lowest BCUT2D eigenvalue weighted by atomic mass is 9.93. The molecular weight excluding hydrogens is 218 g/mol. The maximum Gasteiger partial charge on any atom is -0.00199 e. The summed E-state index contributed by atoms with van der Waals surface area (Å²) < 4.78 is 0. The molecule has 0 saturated heterocycles. The third-order valence-corrected chi connectivity index (χ3v) is 3.57. The molecule has 0 aliphatic carbocycles. The van der Waals surface area contributed by atoms with Gasteiger partial charge in [0.15, 0.2) is 0 Å². The molecule has 102 valence electrons. The van der Waals surface area contributed by atoms with Gasteiger partial charge in [0.1, 0.15) is 0 Å². The number of hydrogen-bond acceptors (Lipinski definition) is 1. The summed E-state index contributed by atoms with van der Waals surface area (Å²) in [5.41, 5.74) is 5.77. The Kier molecular flexibility index (Phi) is 5.87. The van der Waals surface area contributed by atoms with Crippen LogP contribution in [0.2, 0.25) is 0 Å². The molecule has 1 unspecified atom stereocenters. The van der Waals surface area contributed by atoms with E-state index >= 15 is 0 Å². The summed E-state index contributed by atoms with van der Waals surface area (Å²) in [5, 5.41) is 3.55. The van der Waals surface area contributed by atoms with Gasteiger partial charge in [-0.3, -0.25) is 0 Å².